The highest BCUT2D eigenvalue weighted by molar-refractivity contribution is 5.84. The number of carbonyl (C=O) groups is 4. The summed E-state index contributed by atoms with van der Waals surface area (Å²) in [5.41, 5.74) is 11.6. The number of nitrogens with two attached hydrogens (primary N) is 2. The van der Waals surface area contributed by atoms with Crippen LogP contribution in [0.25, 0.3) is 0 Å². The van der Waals surface area contributed by atoms with E-state index in [1.807, 2.05) is 33.8 Å². The highest BCUT2D eigenvalue weighted by atomic mass is 16.6. The van der Waals surface area contributed by atoms with Gasteiger partial charge in [0.25, 0.3) is 0 Å². The molecule has 1 spiro atoms. The summed E-state index contributed by atoms with van der Waals surface area (Å²) >= 11 is 0. The second-order valence-corrected chi connectivity index (χ2v) is 14.1. The third-order valence-corrected chi connectivity index (χ3v) is 9.72. The number of rotatable bonds is 12. The molecule has 5 N–H and O–H groups in total. The standard InChI is InChI=1S/C34H46N2O10/c1-17(2)15-42-31(40)22(35)13-26(38)44-25-9-11-34(46-27(39)14-23(36)32(41)43-16-18(3)4)21-12-20-6-7-24(37)29-28(20)33(34,30(25)45-29)10-8-19(21)5/h6-7,9,17-19,21-23,30,37H,8,10-16,35-36H2,1-5H3/t19?,21-,22-,23-,30-,33-,34+/m0/s1. The summed E-state index contributed by atoms with van der Waals surface area (Å²) in [5, 5.41) is 10.9. The molecule has 46 heavy (non-hydrogen) atoms. The van der Waals surface area contributed by atoms with Gasteiger partial charge in [-0.1, -0.05) is 40.7 Å². The van der Waals surface area contributed by atoms with E-state index in [0.29, 0.717) is 12.8 Å². The smallest absolute Gasteiger partial charge is 0.323 e. The molecule has 0 saturated heterocycles. The van der Waals surface area contributed by atoms with E-state index in [9.17, 15) is 24.3 Å². The molecule has 0 aromatic heterocycles. The van der Waals surface area contributed by atoms with E-state index in [1.165, 1.54) is 0 Å². The van der Waals surface area contributed by atoms with Crippen LogP contribution in [0, 0.1) is 23.7 Å². The van der Waals surface area contributed by atoms with Crippen LogP contribution >= 0.6 is 0 Å². The SMILES string of the molecule is CC(C)COC(=O)[C@@H](N)CC(=O)OC1=CC[C@@]2(OC(=O)C[C@H](N)C(=O)OCC(C)C)[C@H]3Cc4ccc(O)c5c4[C@@]2(CCC3C)[C@H]1O5. The Hall–Kier alpha value is -3.64. The van der Waals surface area contributed by atoms with Crippen molar-refractivity contribution in [2.45, 2.75) is 102 Å². The Morgan fingerprint density at radius 2 is 1.59 bits per heavy atom. The molecule has 1 saturated carbocycles. The minimum Gasteiger partial charge on any atom is -0.504 e. The second-order valence-electron chi connectivity index (χ2n) is 14.1. The van der Waals surface area contributed by atoms with Gasteiger partial charge in [-0.15, -0.1) is 0 Å². The van der Waals surface area contributed by atoms with E-state index < -0.39 is 59.5 Å². The Labute approximate surface area is 269 Å². The maximum atomic E-state index is 13.6. The highest BCUT2D eigenvalue weighted by Crippen LogP contribution is 2.69. The van der Waals surface area contributed by atoms with Crippen molar-refractivity contribution in [2.75, 3.05) is 13.2 Å². The van der Waals surface area contributed by atoms with Gasteiger partial charge in [-0.2, -0.15) is 0 Å². The number of hydrogen-bond donors (Lipinski definition) is 3. The zero-order valence-electron chi connectivity index (χ0n) is 27.2. The fourth-order valence-electron chi connectivity index (χ4n) is 7.64. The third kappa shape index (κ3) is 5.85. The van der Waals surface area contributed by atoms with Crippen molar-refractivity contribution in [2.24, 2.45) is 35.1 Å². The Bertz CT molecular complexity index is 1420. The molecule has 7 atom stereocenters. The van der Waals surface area contributed by atoms with Crippen molar-refractivity contribution in [3.8, 4) is 11.5 Å². The summed E-state index contributed by atoms with van der Waals surface area (Å²) in [5.74, 6) is -2.14. The van der Waals surface area contributed by atoms with Gasteiger partial charge in [0.1, 0.15) is 23.4 Å². The van der Waals surface area contributed by atoms with Crippen molar-refractivity contribution < 1.29 is 48.0 Å². The zero-order valence-corrected chi connectivity index (χ0v) is 27.2. The van der Waals surface area contributed by atoms with Gasteiger partial charge < -0.3 is 40.3 Å². The topological polar surface area (TPSA) is 187 Å². The molecule has 3 aliphatic carbocycles. The number of benzene rings is 1. The molecule has 4 aliphatic rings. The van der Waals surface area contributed by atoms with Crippen LogP contribution in [0.15, 0.2) is 24.0 Å². The first-order chi connectivity index (χ1) is 21.7. The lowest BCUT2D eigenvalue weighted by molar-refractivity contribution is -0.208. The first-order valence-electron chi connectivity index (χ1n) is 16.2. The minimum absolute atomic E-state index is 0.0738. The number of ether oxygens (including phenoxy) is 5. The van der Waals surface area contributed by atoms with Crippen molar-refractivity contribution in [1.29, 1.82) is 0 Å². The molecule has 252 valence electrons. The summed E-state index contributed by atoms with van der Waals surface area (Å²) in [4.78, 5) is 51.6. The monoisotopic (exact) mass is 642 g/mol. The number of hydrogen-bond acceptors (Lipinski definition) is 12. The fraction of sp³-hybridized carbons (Fsp3) is 0.647. The van der Waals surface area contributed by atoms with E-state index >= 15 is 0 Å². The number of esters is 4. The van der Waals surface area contributed by atoms with Gasteiger partial charge in [0.2, 0.25) is 0 Å². The minimum atomic E-state index is -1.21. The average molecular weight is 643 g/mol. The Kier molecular flexibility index (Phi) is 9.43. The lowest BCUT2D eigenvalue weighted by Crippen LogP contribution is -2.70. The summed E-state index contributed by atoms with van der Waals surface area (Å²) in [6.07, 6.45) is 2.04. The molecule has 0 radical (unpaired) electrons. The van der Waals surface area contributed by atoms with Gasteiger partial charge in [0.05, 0.1) is 31.5 Å². The predicted octanol–water partition coefficient (Wildman–Crippen LogP) is 2.94. The van der Waals surface area contributed by atoms with Crippen LogP contribution in [0.4, 0.5) is 0 Å². The highest BCUT2D eigenvalue weighted by Gasteiger charge is 2.74. The zero-order chi connectivity index (χ0) is 33.6. The van der Waals surface area contributed by atoms with Crippen molar-refractivity contribution >= 4 is 23.9 Å². The average Bonchev–Trinajstić information content (AvgIpc) is 3.35. The van der Waals surface area contributed by atoms with Gasteiger partial charge in [0, 0.05) is 17.9 Å². The molecule has 1 unspecified atom stereocenters. The number of aromatic hydroxyl groups is 1. The van der Waals surface area contributed by atoms with Crippen molar-refractivity contribution in [3.05, 3.63) is 35.1 Å². The van der Waals surface area contributed by atoms with E-state index in [0.717, 1.165) is 17.5 Å². The molecule has 12 nitrogen and oxygen atoms in total. The molecular formula is C34H46N2O10. The summed E-state index contributed by atoms with van der Waals surface area (Å²) in [7, 11) is 0. The van der Waals surface area contributed by atoms with Gasteiger partial charge in [0.15, 0.2) is 17.6 Å². The predicted molar refractivity (Wildman–Crippen MR) is 164 cm³/mol. The maximum Gasteiger partial charge on any atom is 0.323 e. The second kappa shape index (κ2) is 12.9. The summed E-state index contributed by atoms with van der Waals surface area (Å²) in [6, 6.07) is 1.04. The molecule has 1 aliphatic heterocycles. The Morgan fingerprint density at radius 3 is 2.20 bits per heavy atom. The van der Waals surface area contributed by atoms with Crippen LogP contribution in [0.5, 0.6) is 11.5 Å². The lowest BCUT2D eigenvalue weighted by Gasteiger charge is -2.62. The molecule has 12 heteroatoms. The van der Waals surface area contributed by atoms with Crippen LogP contribution in [-0.4, -0.2) is 66.0 Å². The van der Waals surface area contributed by atoms with Gasteiger partial charge >= 0.3 is 23.9 Å². The quantitative estimate of drug-likeness (QED) is 0.224. The summed E-state index contributed by atoms with van der Waals surface area (Å²) in [6.45, 7) is 10.1. The largest absolute Gasteiger partial charge is 0.504 e. The fourth-order valence-corrected chi connectivity index (χ4v) is 7.64. The van der Waals surface area contributed by atoms with E-state index in [4.69, 9.17) is 35.2 Å². The normalized spacial score (nSPS) is 28.4. The first-order valence-corrected chi connectivity index (χ1v) is 16.2. The van der Waals surface area contributed by atoms with E-state index in [2.05, 4.69) is 6.92 Å². The van der Waals surface area contributed by atoms with Crippen LogP contribution in [-0.2, 0) is 50.0 Å². The van der Waals surface area contributed by atoms with E-state index in [1.54, 1.807) is 12.1 Å². The molecule has 1 heterocycles. The Morgan fingerprint density at radius 1 is 0.978 bits per heavy atom. The van der Waals surface area contributed by atoms with Crippen molar-refractivity contribution in [1.82, 2.24) is 0 Å². The Balaban J connectivity index is 1.45. The molecule has 1 aromatic rings. The van der Waals surface area contributed by atoms with Crippen molar-refractivity contribution in [3.63, 3.8) is 0 Å². The van der Waals surface area contributed by atoms with E-state index in [-0.39, 0.29) is 67.0 Å². The van der Waals surface area contributed by atoms with Gasteiger partial charge in [-0.3, -0.25) is 19.2 Å². The number of carbonyl (C=O) groups excluding carboxylic acids is 4. The number of phenols is 1. The first kappa shape index (κ1) is 33.7. The number of phenolic OH excluding ortho intramolecular Hbond substituents is 1. The van der Waals surface area contributed by atoms with Crippen LogP contribution in [0.1, 0.15) is 77.8 Å². The molecule has 5 rings (SSSR count). The summed E-state index contributed by atoms with van der Waals surface area (Å²) < 4.78 is 29.2. The lowest BCUT2D eigenvalue weighted by atomic mass is 9.44. The molecule has 2 bridgehead atoms. The molecule has 0 amide bonds. The molecule has 1 fully saturated rings. The third-order valence-electron chi connectivity index (χ3n) is 9.72. The van der Waals surface area contributed by atoms with Gasteiger partial charge in [-0.25, -0.2) is 0 Å². The van der Waals surface area contributed by atoms with Gasteiger partial charge in [-0.05, 0) is 54.7 Å². The molecule has 1 aromatic carbocycles. The van der Waals surface area contributed by atoms with Crippen LogP contribution in [0.2, 0.25) is 0 Å². The van der Waals surface area contributed by atoms with Crippen LogP contribution < -0.4 is 16.2 Å². The molecular weight excluding hydrogens is 596 g/mol. The van der Waals surface area contributed by atoms with Crippen LogP contribution in [0.3, 0.4) is 0 Å². The maximum absolute atomic E-state index is 13.6.